The van der Waals surface area contributed by atoms with E-state index in [-0.39, 0.29) is 5.82 Å². The van der Waals surface area contributed by atoms with Gasteiger partial charge in [-0.2, -0.15) is 5.06 Å². The van der Waals surface area contributed by atoms with Crippen molar-refractivity contribution in [2.24, 2.45) is 0 Å². The molecule has 2 aliphatic rings. The number of ether oxygens (including phenoxy) is 1. The summed E-state index contributed by atoms with van der Waals surface area (Å²) in [7, 11) is 0. The third-order valence-electron chi connectivity index (χ3n) is 3.09. The van der Waals surface area contributed by atoms with Gasteiger partial charge in [0.2, 0.25) is 0 Å². The molecular formula is C12H13BrFN3O3. The highest BCUT2D eigenvalue weighted by molar-refractivity contribution is 9.10. The largest absolute Gasteiger partial charge is 0.378 e. The summed E-state index contributed by atoms with van der Waals surface area (Å²) < 4.78 is 18.8. The standard InChI is InChI=1S/C12H13BrFN3O3/c13-10-7-9(1-2-11(10)14)16-8-12(17(18)20-16)15-3-5-19-6-4-15/h1-2,7-8,18H,3-6H2. The van der Waals surface area contributed by atoms with Crippen LogP contribution in [0.2, 0.25) is 0 Å². The smallest absolute Gasteiger partial charge is 0.181 e. The number of benzene rings is 1. The van der Waals surface area contributed by atoms with Gasteiger partial charge in [0.25, 0.3) is 0 Å². The minimum atomic E-state index is -0.355. The average molecular weight is 346 g/mol. The van der Waals surface area contributed by atoms with E-state index in [1.54, 1.807) is 18.3 Å². The molecule has 0 unspecified atom stereocenters. The first-order valence-electron chi connectivity index (χ1n) is 6.11. The molecule has 0 radical (unpaired) electrons. The fraction of sp³-hybridized carbons (Fsp3) is 0.333. The van der Waals surface area contributed by atoms with Gasteiger partial charge in [0.05, 0.1) is 29.6 Å². The van der Waals surface area contributed by atoms with Crippen molar-refractivity contribution in [3.05, 3.63) is 40.5 Å². The van der Waals surface area contributed by atoms with E-state index < -0.39 is 0 Å². The van der Waals surface area contributed by atoms with Crippen molar-refractivity contribution < 1.29 is 19.3 Å². The molecule has 0 bridgehead atoms. The Morgan fingerprint density at radius 2 is 2.00 bits per heavy atom. The Morgan fingerprint density at radius 1 is 1.25 bits per heavy atom. The molecule has 0 aliphatic carbocycles. The van der Waals surface area contributed by atoms with Crippen molar-refractivity contribution in [2.45, 2.75) is 0 Å². The molecule has 3 rings (SSSR count). The number of hydrogen-bond donors (Lipinski definition) is 1. The zero-order valence-electron chi connectivity index (χ0n) is 10.5. The monoisotopic (exact) mass is 345 g/mol. The predicted octanol–water partition coefficient (Wildman–Crippen LogP) is 2.08. The first-order valence-corrected chi connectivity index (χ1v) is 6.90. The number of anilines is 1. The third-order valence-corrected chi connectivity index (χ3v) is 3.69. The van der Waals surface area contributed by atoms with Crippen LogP contribution in [0.5, 0.6) is 0 Å². The Kier molecular flexibility index (Phi) is 3.79. The topological polar surface area (TPSA) is 48.4 Å². The van der Waals surface area contributed by atoms with Crippen LogP contribution in [0.1, 0.15) is 0 Å². The van der Waals surface area contributed by atoms with Gasteiger partial charge in [-0.1, -0.05) is 5.23 Å². The number of hydrogen-bond acceptors (Lipinski definition) is 6. The Labute approximate surface area is 123 Å². The lowest BCUT2D eigenvalue weighted by Gasteiger charge is -2.30. The van der Waals surface area contributed by atoms with Crippen LogP contribution >= 0.6 is 15.9 Å². The second-order valence-corrected chi connectivity index (χ2v) is 5.22. The summed E-state index contributed by atoms with van der Waals surface area (Å²) in [4.78, 5) is 7.16. The van der Waals surface area contributed by atoms with Gasteiger partial charge >= 0.3 is 0 Å². The normalized spacial score (nSPS) is 19.6. The van der Waals surface area contributed by atoms with Crippen LogP contribution in [0.3, 0.4) is 0 Å². The van der Waals surface area contributed by atoms with Crippen LogP contribution in [-0.4, -0.2) is 41.6 Å². The molecule has 108 valence electrons. The predicted molar refractivity (Wildman–Crippen MR) is 71.8 cm³/mol. The molecule has 1 saturated heterocycles. The summed E-state index contributed by atoms with van der Waals surface area (Å²) in [6.07, 6.45) is 1.64. The van der Waals surface area contributed by atoms with E-state index in [1.165, 1.54) is 11.1 Å². The molecule has 0 atom stereocenters. The van der Waals surface area contributed by atoms with Crippen molar-refractivity contribution in [1.29, 1.82) is 0 Å². The Bertz CT molecular complexity index is 537. The quantitative estimate of drug-likeness (QED) is 0.885. The third kappa shape index (κ3) is 2.59. The molecule has 1 N–H and O–H groups in total. The summed E-state index contributed by atoms with van der Waals surface area (Å²) in [6, 6.07) is 4.46. The Hall–Kier alpha value is -1.35. The highest BCUT2D eigenvalue weighted by Gasteiger charge is 2.28. The molecule has 20 heavy (non-hydrogen) atoms. The van der Waals surface area contributed by atoms with E-state index in [0.717, 1.165) is 0 Å². The molecule has 0 spiro atoms. The zero-order valence-corrected chi connectivity index (χ0v) is 12.1. The summed E-state index contributed by atoms with van der Waals surface area (Å²) >= 11 is 3.12. The van der Waals surface area contributed by atoms with Crippen LogP contribution in [0.15, 0.2) is 34.7 Å². The summed E-state index contributed by atoms with van der Waals surface area (Å²) in [6.45, 7) is 2.56. The van der Waals surface area contributed by atoms with Crippen LogP contribution in [0.25, 0.3) is 0 Å². The zero-order chi connectivity index (χ0) is 14.1. The average Bonchev–Trinajstić information content (AvgIpc) is 2.85. The number of hydroxylamine groups is 3. The maximum absolute atomic E-state index is 13.2. The number of halogens is 2. The van der Waals surface area contributed by atoms with E-state index in [0.29, 0.717) is 47.5 Å². The van der Waals surface area contributed by atoms with E-state index in [9.17, 15) is 9.60 Å². The molecule has 8 heteroatoms. The molecule has 2 heterocycles. The van der Waals surface area contributed by atoms with E-state index in [1.807, 2.05) is 4.90 Å². The SMILES string of the molecule is ON1ON(c2ccc(F)c(Br)c2)C=C1N1CCOCC1. The van der Waals surface area contributed by atoms with Crippen molar-refractivity contribution in [3.8, 4) is 0 Å². The molecule has 1 aromatic carbocycles. The summed E-state index contributed by atoms with van der Waals surface area (Å²) in [5.74, 6) is 0.167. The van der Waals surface area contributed by atoms with Gasteiger partial charge in [0.15, 0.2) is 5.82 Å². The molecule has 0 aromatic heterocycles. The van der Waals surface area contributed by atoms with Crippen LogP contribution < -0.4 is 5.06 Å². The lowest BCUT2D eigenvalue weighted by molar-refractivity contribution is -0.314. The Morgan fingerprint density at radius 3 is 2.70 bits per heavy atom. The fourth-order valence-corrected chi connectivity index (χ4v) is 2.41. The molecule has 0 saturated carbocycles. The van der Waals surface area contributed by atoms with Crippen LogP contribution in [0, 0.1) is 5.82 Å². The van der Waals surface area contributed by atoms with Crippen LogP contribution in [0.4, 0.5) is 10.1 Å². The molecule has 1 fully saturated rings. The van der Waals surface area contributed by atoms with Gasteiger partial charge in [-0.05, 0) is 34.1 Å². The molecule has 1 aromatic rings. The van der Waals surface area contributed by atoms with Gasteiger partial charge in [0, 0.05) is 13.1 Å². The van der Waals surface area contributed by atoms with E-state index in [4.69, 9.17) is 9.68 Å². The van der Waals surface area contributed by atoms with Crippen molar-refractivity contribution in [1.82, 2.24) is 10.1 Å². The van der Waals surface area contributed by atoms with Gasteiger partial charge in [0.1, 0.15) is 5.82 Å². The minimum Gasteiger partial charge on any atom is -0.378 e. The highest BCUT2D eigenvalue weighted by atomic mass is 79.9. The molecule has 2 aliphatic heterocycles. The van der Waals surface area contributed by atoms with Gasteiger partial charge in [-0.15, -0.1) is 4.94 Å². The minimum absolute atomic E-state index is 0.330. The maximum Gasteiger partial charge on any atom is 0.181 e. The lowest BCUT2D eigenvalue weighted by Crippen LogP contribution is -2.39. The summed E-state index contributed by atoms with van der Waals surface area (Å²) in [5, 5.41) is 11.9. The van der Waals surface area contributed by atoms with Gasteiger partial charge < -0.3 is 9.64 Å². The summed E-state index contributed by atoms with van der Waals surface area (Å²) in [5.41, 5.74) is 0.598. The second kappa shape index (κ2) is 5.57. The number of nitrogens with zero attached hydrogens (tertiary/aromatic N) is 3. The fourth-order valence-electron chi connectivity index (χ4n) is 2.04. The second-order valence-electron chi connectivity index (χ2n) is 4.37. The maximum atomic E-state index is 13.2. The van der Waals surface area contributed by atoms with Crippen molar-refractivity contribution in [3.63, 3.8) is 0 Å². The first kappa shape index (κ1) is 13.6. The van der Waals surface area contributed by atoms with Crippen molar-refractivity contribution >= 4 is 21.6 Å². The Balaban J connectivity index is 1.81. The van der Waals surface area contributed by atoms with Crippen LogP contribution in [-0.2, 0) is 9.68 Å². The molecule has 6 nitrogen and oxygen atoms in total. The van der Waals surface area contributed by atoms with Gasteiger partial charge in [-0.25, -0.2) is 4.39 Å². The van der Waals surface area contributed by atoms with Crippen molar-refractivity contribution in [2.75, 3.05) is 31.4 Å². The van der Waals surface area contributed by atoms with E-state index in [2.05, 4.69) is 15.9 Å². The highest BCUT2D eigenvalue weighted by Crippen LogP contribution is 2.28. The van der Waals surface area contributed by atoms with Gasteiger partial charge in [-0.3, -0.25) is 5.21 Å². The molecule has 0 amide bonds. The molecular weight excluding hydrogens is 333 g/mol. The first-order chi connectivity index (χ1) is 9.65. The number of morpholine rings is 1. The lowest BCUT2D eigenvalue weighted by atomic mass is 10.3. The van der Waals surface area contributed by atoms with E-state index >= 15 is 0 Å². The number of rotatable bonds is 2.